The molecule has 0 saturated carbocycles. The Kier molecular flexibility index (Phi) is 8.36. The van der Waals surface area contributed by atoms with Crippen LogP contribution >= 0.6 is 11.8 Å². The molecule has 2 rings (SSSR count). The zero-order chi connectivity index (χ0) is 19.8. The van der Waals surface area contributed by atoms with Gasteiger partial charge in [0, 0.05) is 6.54 Å². The molecule has 27 heavy (non-hydrogen) atoms. The van der Waals surface area contributed by atoms with Crippen LogP contribution in [0.2, 0.25) is 0 Å². The molecule has 152 valence electrons. The fourth-order valence-electron chi connectivity index (χ4n) is 3.42. The monoisotopic (exact) mass is 400 g/mol. The predicted molar refractivity (Wildman–Crippen MR) is 101 cm³/mol. The standard InChI is InChI=1S/C17H28N4O5S/c1-27-9-6-12(16(24)21-8-3-5-13(21)17(25)26)20-14(22)10-19-15(23)11-4-2-7-18-11/h11-13,18H,2-10H2,1H3,(H,19,23)(H,20,22)(H,25,26). The van der Waals surface area contributed by atoms with Crippen LogP contribution in [-0.4, -0.2) is 83.5 Å². The molecule has 0 aromatic carbocycles. The predicted octanol–water partition coefficient (Wildman–Crippen LogP) is -0.832. The summed E-state index contributed by atoms with van der Waals surface area (Å²) in [5.74, 6) is -1.41. The first-order valence-corrected chi connectivity index (χ1v) is 10.7. The van der Waals surface area contributed by atoms with Gasteiger partial charge < -0.3 is 26.0 Å². The number of carbonyl (C=O) groups is 4. The first-order chi connectivity index (χ1) is 12.9. The van der Waals surface area contributed by atoms with E-state index in [4.69, 9.17) is 0 Å². The molecule has 4 N–H and O–H groups in total. The highest BCUT2D eigenvalue weighted by atomic mass is 32.2. The summed E-state index contributed by atoms with van der Waals surface area (Å²) in [4.78, 5) is 49.7. The van der Waals surface area contributed by atoms with E-state index in [-0.39, 0.29) is 24.4 Å². The number of carbonyl (C=O) groups excluding carboxylic acids is 3. The van der Waals surface area contributed by atoms with Crippen molar-refractivity contribution in [3.63, 3.8) is 0 Å². The minimum absolute atomic E-state index is 0.206. The molecule has 2 saturated heterocycles. The van der Waals surface area contributed by atoms with E-state index in [2.05, 4.69) is 16.0 Å². The van der Waals surface area contributed by atoms with Crippen LogP contribution in [0.3, 0.4) is 0 Å². The zero-order valence-corrected chi connectivity index (χ0v) is 16.3. The average molecular weight is 401 g/mol. The minimum atomic E-state index is -1.02. The molecule has 3 unspecified atom stereocenters. The molecule has 2 fully saturated rings. The van der Waals surface area contributed by atoms with Gasteiger partial charge in [-0.05, 0) is 50.7 Å². The summed E-state index contributed by atoms with van der Waals surface area (Å²) in [5.41, 5.74) is 0. The van der Waals surface area contributed by atoms with Crippen molar-refractivity contribution in [1.29, 1.82) is 0 Å². The number of thioether (sulfide) groups is 1. The number of nitrogens with one attached hydrogen (secondary N) is 3. The molecule has 2 heterocycles. The highest BCUT2D eigenvalue weighted by Crippen LogP contribution is 2.19. The Labute approximate surface area is 163 Å². The Morgan fingerprint density at radius 1 is 1.26 bits per heavy atom. The lowest BCUT2D eigenvalue weighted by Gasteiger charge is -2.27. The van der Waals surface area contributed by atoms with Gasteiger partial charge in [0.25, 0.3) is 0 Å². The number of carboxylic acids is 1. The molecule has 0 aromatic rings. The van der Waals surface area contributed by atoms with Gasteiger partial charge in [-0.15, -0.1) is 0 Å². The number of likely N-dealkylation sites (tertiary alicyclic amines) is 1. The van der Waals surface area contributed by atoms with Gasteiger partial charge in [-0.2, -0.15) is 11.8 Å². The molecule has 9 nitrogen and oxygen atoms in total. The van der Waals surface area contributed by atoms with E-state index >= 15 is 0 Å². The molecule has 3 amide bonds. The van der Waals surface area contributed by atoms with Crippen LogP contribution < -0.4 is 16.0 Å². The van der Waals surface area contributed by atoms with Crippen molar-refractivity contribution in [2.45, 2.75) is 50.2 Å². The van der Waals surface area contributed by atoms with E-state index in [1.807, 2.05) is 6.26 Å². The summed E-state index contributed by atoms with van der Waals surface area (Å²) in [6.45, 7) is 0.962. The molecular formula is C17H28N4O5S. The SMILES string of the molecule is CSCCC(NC(=O)CNC(=O)C1CCCN1)C(=O)N1CCCC1C(=O)O. The highest BCUT2D eigenvalue weighted by Gasteiger charge is 2.37. The van der Waals surface area contributed by atoms with Gasteiger partial charge in [0.2, 0.25) is 17.7 Å². The van der Waals surface area contributed by atoms with Gasteiger partial charge >= 0.3 is 5.97 Å². The Balaban J connectivity index is 1.90. The number of rotatable bonds is 9. The number of nitrogens with zero attached hydrogens (tertiary/aromatic N) is 1. The van der Waals surface area contributed by atoms with E-state index in [0.717, 1.165) is 19.4 Å². The second-order valence-electron chi connectivity index (χ2n) is 6.80. The van der Waals surface area contributed by atoms with Gasteiger partial charge in [0.05, 0.1) is 12.6 Å². The average Bonchev–Trinajstić information content (AvgIpc) is 3.34. The molecule has 0 bridgehead atoms. The van der Waals surface area contributed by atoms with Crippen molar-refractivity contribution in [2.75, 3.05) is 31.6 Å². The second kappa shape index (κ2) is 10.5. The summed E-state index contributed by atoms with van der Waals surface area (Å²) in [5, 5.41) is 17.6. The lowest BCUT2D eigenvalue weighted by molar-refractivity contribution is -0.149. The topological polar surface area (TPSA) is 128 Å². The molecule has 0 aliphatic carbocycles. The molecule has 0 aromatic heterocycles. The number of aliphatic carboxylic acids is 1. The summed E-state index contributed by atoms with van der Waals surface area (Å²) in [6.07, 6.45) is 5.04. The molecule has 10 heteroatoms. The van der Waals surface area contributed by atoms with Crippen molar-refractivity contribution in [1.82, 2.24) is 20.9 Å². The molecule has 0 radical (unpaired) electrons. The molecule has 2 aliphatic heterocycles. The lowest BCUT2D eigenvalue weighted by atomic mass is 10.1. The first kappa shape index (κ1) is 21.5. The maximum Gasteiger partial charge on any atom is 0.326 e. The summed E-state index contributed by atoms with van der Waals surface area (Å²) in [7, 11) is 0. The van der Waals surface area contributed by atoms with Gasteiger partial charge in [0.1, 0.15) is 12.1 Å². The minimum Gasteiger partial charge on any atom is -0.480 e. The van der Waals surface area contributed by atoms with Gasteiger partial charge in [-0.3, -0.25) is 14.4 Å². The van der Waals surface area contributed by atoms with Crippen LogP contribution in [0.15, 0.2) is 0 Å². The third kappa shape index (κ3) is 6.10. The lowest BCUT2D eigenvalue weighted by Crippen LogP contribution is -2.54. The summed E-state index contributed by atoms with van der Waals surface area (Å²) in [6, 6.07) is -1.89. The van der Waals surface area contributed by atoms with Crippen molar-refractivity contribution in [3.05, 3.63) is 0 Å². The number of hydrogen-bond donors (Lipinski definition) is 4. The quantitative estimate of drug-likeness (QED) is 0.398. The smallest absolute Gasteiger partial charge is 0.326 e. The fourth-order valence-corrected chi connectivity index (χ4v) is 3.90. The molecule has 3 atom stereocenters. The summed E-state index contributed by atoms with van der Waals surface area (Å²) >= 11 is 1.54. The Bertz CT molecular complexity index is 568. The number of amides is 3. The van der Waals surface area contributed by atoms with Crippen LogP contribution in [0.4, 0.5) is 0 Å². The summed E-state index contributed by atoms with van der Waals surface area (Å²) < 4.78 is 0. The van der Waals surface area contributed by atoms with Crippen molar-refractivity contribution in [3.8, 4) is 0 Å². The van der Waals surface area contributed by atoms with E-state index in [1.54, 1.807) is 11.8 Å². The molecule has 2 aliphatic rings. The number of carboxylic acid groups (broad SMARTS) is 1. The Morgan fingerprint density at radius 2 is 2.04 bits per heavy atom. The highest BCUT2D eigenvalue weighted by molar-refractivity contribution is 7.98. The van der Waals surface area contributed by atoms with Gasteiger partial charge in [0.15, 0.2) is 0 Å². The maximum atomic E-state index is 12.8. The molecule has 0 spiro atoms. The third-order valence-corrected chi connectivity index (χ3v) is 5.51. The van der Waals surface area contributed by atoms with Crippen molar-refractivity contribution >= 4 is 35.5 Å². The first-order valence-electron chi connectivity index (χ1n) is 9.26. The van der Waals surface area contributed by atoms with Crippen molar-refractivity contribution in [2.24, 2.45) is 0 Å². The largest absolute Gasteiger partial charge is 0.480 e. The van der Waals surface area contributed by atoms with Crippen LogP contribution in [0, 0.1) is 0 Å². The van der Waals surface area contributed by atoms with Crippen LogP contribution in [0.25, 0.3) is 0 Å². The van der Waals surface area contributed by atoms with Crippen molar-refractivity contribution < 1.29 is 24.3 Å². The van der Waals surface area contributed by atoms with Crippen LogP contribution in [0.1, 0.15) is 32.1 Å². The van der Waals surface area contributed by atoms with E-state index in [1.165, 1.54) is 4.90 Å². The van der Waals surface area contributed by atoms with E-state index < -0.39 is 24.0 Å². The van der Waals surface area contributed by atoms with Crippen LogP contribution in [0.5, 0.6) is 0 Å². The molecular weight excluding hydrogens is 372 g/mol. The van der Waals surface area contributed by atoms with Crippen LogP contribution in [-0.2, 0) is 19.2 Å². The normalized spacial score (nSPS) is 23.1. The number of hydrogen-bond acceptors (Lipinski definition) is 6. The Morgan fingerprint density at radius 3 is 2.67 bits per heavy atom. The maximum absolute atomic E-state index is 12.8. The van der Waals surface area contributed by atoms with E-state index in [0.29, 0.717) is 31.6 Å². The van der Waals surface area contributed by atoms with Gasteiger partial charge in [-0.25, -0.2) is 4.79 Å². The fraction of sp³-hybridized carbons (Fsp3) is 0.765. The third-order valence-electron chi connectivity index (χ3n) is 4.86. The zero-order valence-electron chi connectivity index (χ0n) is 15.5. The Hall–Kier alpha value is -1.81. The second-order valence-corrected chi connectivity index (χ2v) is 7.78. The van der Waals surface area contributed by atoms with E-state index in [9.17, 15) is 24.3 Å². The van der Waals surface area contributed by atoms with Gasteiger partial charge in [-0.1, -0.05) is 0 Å².